The molecule has 0 aliphatic carbocycles. The van der Waals surface area contributed by atoms with Crippen molar-refractivity contribution < 1.29 is 18.3 Å². The molecule has 1 aromatic heterocycles. The Labute approximate surface area is 77.4 Å². The van der Waals surface area contributed by atoms with Gasteiger partial charge < -0.3 is 5.11 Å². The van der Waals surface area contributed by atoms with Crippen LogP contribution in [0.4, 0.5) is 13.2 Å². The van der Waals surface area contributed by atoms with Gasteiger partial charge in [-0.05, 0) is 0 Å². The number of hydrogen-bond acceptors (Lipinski definition) is 3. The van der Waals surface area contributed by atoms with E-state index in [0.717, 1.165) is 0 Å². The molecule has 14 heavy (non-hydrogen) atoms. The molecule has 0 unspecified atom stereocenters. The molecule has 0 amide bonds. The summed E-state index contributed by atoms with van der Waals surface area (Å²) in [5, 5.41) is 17.2. The lowest BCUT2D eigenvalue weighted by atomic mass is 10.1. The summed E-state index contributed by atoms with van der Waals surface area (Å²) in [4.78, 5) is 3.00. The first-order valence-corrected chi connectivity index (χ1v) is 3.58. The number of aromatic nitrogens is 1. The first-order valence-electron chi connectivity index (χ1n) is 3.58. The van der Waals surface area contributed by atoms with Gasteiger partial charge in [0.2, 0.25) is 5.95 Å². The number of nitriles is 1. The SMILES string of the molecule is N#Cc1c(F)ncc(C(F)F)c1CO. The second-order valence-corrected chi connectivity index (χ2v) is 2.43. The minimum atomic E-state index is -2.89. The molecule has 6 heteroatoms. The smallest absolute Gasteiger partial charge is 0.265 e. The van der Waals surface area contributed by atoms with Crippen molar-refractivity contribution in [3.05, 3.63) is 28.8 Å². The van der Waals surface area contributed by atoms with Gasteiger partial charge in [-0.2, -0.15) is 9.65 Å². The number of aliphatic hydroxyl groups is 1. The zero-order chi connectivity index (χ0) is 10.7. The predicted molar refractivity (Wildman–Crippen MR) is 39.8 cm³/mol. The molecule has 74 valence electrons. The van der Waals surface area contributed by atoms with Crippen LogP contribution in [-0.2, 0) is 6.61 Å². The maximum Gasteiger partial charge on any atom is 0.265 e. The van der Waals surface area contributed by atoms with Gasteiger partial charge in [0.05, 0.1) is 6.61 Å². The van der Waals surface area contributed by atoms with Gasteiger partial charge in [0.25, 0.3) is 6.43 Å². The summed E-state index contributed by atoms with van der Waals surface area (Å²) >= 11 is 0. The maximum atomic E-state index is 12.8. The van der Waals surface area contributed by atoms with Crippen LogP contribution < -0.4 is 0 Å². The van der Waals surface area contributed by atoms with Crippen molar-refractivity contribution in [3.8, 4) is 6.07 Å². The molecule has 1 aromatic rings. The highest BCUT2D eigenvalue weighted by Gasteiger charge is 2.19. The molecule has 0 spiro atoms. The number of pyridine rings is 1. The fourth-order valence-corrected chi connectivity index (χ4v) is 1.01. The van der Waals surface area contributed by atoms with Gasteiger partial charge >= 0.3 is 0 Å². The van der Waals surface area contributed by atoms with E-state index in [1.54, 1.807) is 0 Å². The van der Waals surface area contributed by atoms with Gasteiger partial charge in [-0.15, -0.1) is 0 Å². The van der Waals surface area contributed by atoms with E-state index in [1.807, 2.05) is 0 Å². The Kier molecular flexibility index (Phi) is 3.04. The molecule has 0 bridgehead atoms. The molecular weight excluding hydrogens is 197 g/mol. The minimum Gasteiger partial charge on any atom is -0.392 e. The Bertz CT molecular complexity index is 387. The van der Waals surface area contributed by atoms with Gasteiger partial charge in [-0.3, -0.25) is 0 Å². The number of hydrogen-bond donors (Lipinski definition) is 1. The first-order chi connectivity index (χ1) is 6.61. The standard InChI is InChI=1S/C8H5F3N2O/c9-7(10)5-2-13-8(11)4(1-12)6(5)3-14/h2,7,14H,3H2. The second kappa shape index (κ2) is 4.07. The molecule has 0 radical (unpaired) electrons. The van der Waals surface area contributed by atoms with Crippen LogP contribution in [0, 0.1) is 17.3 Å². The Morgan fingerprint density at radius 1 is 1.57 bits per heavy atom. The van der Waals surface area contributed by atoms with E-state index in [4.69, 9.17) is 10.4 Å². The molecular formula is C8H5F3N2O. The molecule has 0 aromatic carbocycles. The molecule has 0 saturated carbocycles. The van der Waals surface area contributed by atoms with Crippen molar-refractivity contribution in [1.82, 2.24) is 4.98 Å². The van der Waals surface area contributed by atoms with Crippen LogP contribution in [0.3, 0.4) is 0 Å². The molecule has 0 aliphatic rings. The van der Waals surface area contributed by atoms with Crippen molar-refractivity contribution in [3.63, 3.8) is 0 Å². The third-order valence-corrected chi connectivity index (χ3v) is 1.68. The Morgan fingerprint density at radius 2 is 2.21 bits per heavy atom. The van der Waals surface area contributed by atoms with Crippen LogP contribution in [0.15, 0.2) is 6.20 Å². The fraction of sp³-hybridized carbons (Fsp3) is 0.250. The number of aliphatic hydroxyl groups excluding tert-OH is 1. The second-order valence-electron chi connectivity index (χ2n) is 2.43. The normalized spacial score (nSPS) is 10.3. The summed E-state index contributed by atoms with van der Waals surface area (Å²) < 4.78 is 37.4. The van der Waals surface area contributed by atoms with Gasteiger partial charge in [-0.1, -0.05) is 0 Å². The van der Waals surface area contributed by atoms with E-state index in [1.165, 1.54) is 6.07 Å². The Morgan fingerprint density at radius 3 is 2.64 bits per heavy atom. The van der Waals surface area contributed by atoms with Gasteiger partial charge in [0.1, 0.15) is 11.6 Å². The average Bonchev–Trinajstić information content (AvgIpc) is 2.16. The minimum absolute atomic E-state index is 0.407. The predicted octanol–water partition coefficient (Wildman–Crippen LogP) is 1.52. The average molecular weight is 202 g/mol. The van der Waals surface area contributed by atoms with Crippen molar-refractivity contribution in [1.29, 1.82) is 5.26 Å². The van der Waals surface area contributed by atoms with Crippen LogP contribution in [0.5, 0.6) is 0 Å². The highest BCUT2D eigenvalue weighted by Crippen LogP contribution is 2.25. The molecule has 1 rings (SSSR count). The Balaban J connectivity index is 3.42. The first kappa shape index (κ1) is 10.5. The lowest BCUT2D eigenvalue weighted by Gasteiger charge is -2.07. The van der Waals surface area contributed by atoms with Gasteiger partial charge in [-0.25, -0.2) is 13.8 Å². The number of halogens is 3. The van der Waals surface area contributed by atoms with Crippen LogP contribution in [-0.4, -0.2) is 10.1 Å². The highest BCUT2D eigenvalue weighted by atomic mass is 19.3. The van der Waals surface area contributed by atoms with Crippen LogP contribution in [0.25, 0.3) is 0 Å². The lowest BCUT2D eigenvalue weighted by molar-refractivity contribution is 0.146. The Hall–Kier alpha value is -1.61. The lowest BCUT2D eigenvalue weighted by Crippen LogP contribution is -2.03. The summed E-state index contributed by atoms with van der Waals surface area (Å²) in [5.41, 5.74) is -1.66. The van der Waals surface area contributed by atoms with Gasteiger partial charge in [0, 0.05) is 17.3 Å². The zero-order valence-electron chi connectivity index (χ0n) is 6.84. The van der Waals surface area contributed by atoms with Gasteiger partial charge in [0.15, 0.2) is 0 Å². The van der Waals surface area contributed by atoms with Crippen LogP contribution in [0.1, 0.15) is 23.1 Å². The fourth-order valence-electron chi connectivity index (χ4n) is 1.01. The number of alkyl halides is 2. The van der Waals surface area contributed by atoms with Crippen LogP contribution in [0.2, 0.25) is 0 Å². The summed E-state index contributed by atoms with van der Waals surface area (Å²) in [6.07, 6.45) is -2.27. The van der Waals surface area contributed by atoms with E-state index >= 15 is 0 Å². The molecule has 3 nitrogen and oxygen atoms in total. The molecule has 0 saturated heterocycles. The van der Waals surface area contributed by atoms with Crippen molar-refractivity contribution in [2.75, 3.05) is 0 Å². The number of nitrogens with zero attached hydrogens (tertiary/aromatic N) is 2. The topological polar surface area (TPSA) is 56.9 Å². The van der Waals surface area contributed by atoms with E-state index in [0.29, 0.717) is 6.20 Å². The molecule has 1 N–H and O–H groups in total. The molecule has 0 aliphatic heterocycles. The summed E-state index contributed by atoms with van der Waals surface area (Å²) in [5.74, 6) is -1.15. The molecule has 0 atom stereocenters. The van der Waals surface area contributed by atoms with Crippen molar-refractivity contribution >= 4 is 0 Å². The van der Waals surface area contributed by atoms with Crippen molar-refractivity contribution in [2.45, 2.75) is 13.0 Å². The van der Waals surface area contributed by atoms with Crippen molar-refractivity contribution in [2.24, 2.45) is 0 Å². The largest absolute Gasteiger partial charge is 0.392 e. The highest BCUT2D eigenvalue weighted by molar-refractivity contribution is 5.41. The third-order valence-electron chi connectivity index (χ3n) is 1.68. The summed E-state index contributed by atoms with van der Waals surface area (Å²) in [6, 6.07) is 1.38. The van der Waals surface area contributed by atoms with E-state index < -0.39 is 35.7 Å². The quantitative estimate of drug-likeness (QED) is 0.739. The van der Waals surface area contributed by atoms with E-state index in [2.05, 4.69) is 4.98 Å². The summed E-state index contributed by atoms with van der Waals surface area (Å²) in [7, 11) is 0. The zero-order valence-corrected chi connectivity index (χ0v) is 6.84. The van der Waals surface area contributed by atoms with Crippen LogP contribution >= 0.6 is 0 Å². The summed E-state index contributed by atoms with van der Waals surface area (Å²) in [6.45, 7) is -0.817. The van der Waals surface area contributed by atoms with E-state index in [9.17, 15) is 13.2 Å². The molecule has 1 heterocycles. The molecule has 0 fully saturated rings. The maximum absolute atomic E-state index is 12.8. The third kappa shape index (κ3) is 1.67. The number of rotatable bonds is 2. The monoisotopic (exact) mass is 202 g/mol. The van der Waals surface area contributed by atoms with E-state index in [-0.39, 0.29) is 0 Å².